The van der Waals surface area contributed by atoms with Crippen LogP contribution in [0.3, 0.4) is 0 Å². The lowest BCUT2D eigenvalue weighted by Gasteiger charge is -2.33. The Morgan fingerprint density at radius 1 is 0.900 bits per heavy atom. The Bertz CT molecular complexity index is 548. The van der Waals surface area contributed by atoms with Gasteiger partial charge in [0.25, 0.3) is 0 Å². The summed E-state index contributed by atoms with van der Waals surface area (Å²) in [5, 5.41) is 0. The summed E-state index contributed by atoms with van der Waals surface area (Å²) in [6.45, 7) is 5.02. The second-order valence-corrected chi connectivity index (χ2v) is 5.35. The van der Waals surface area contributed by atoms with Crippen molar-refractivity contribution < 1.29 is 9.29 Å². The highest BCUT2D eigenvalue weighted by atomic mass is 19.1. The van der Waals surface area contributed by atoms with Crippen molar-refractivity contribution in [3.05, 3.63) is 66.0 Å². The molecule has 20 heavy (non-hydrogen) atoms. The Balaban J connectivity index is 1.59. The monoisotopic (exact) mass is 271 g/mol. The zero-order chi connectivity index (χ0) is 13.8. The van der Waals surface area contributed by atoms with E-state index in [1.54, 1.807) is 17.0 Å². The Hall–Kier alpha value is -1.87. The van der Waals surface area contributed by atoms with Crippen LogP contribution in [0.2, 0.25) is 0 Å². The molecule has 3 rings (SSSR count). The number of piperazine rings is 1. The average Bonchev–Trinajstić information content (AvgIpc) is 2.50. The number of hydrogen-bond acceptors (Lipinski definition) is 1. The molecule has 104 valence electrons. The van der Waals surface area contributed by atoms with Gasteiger partial charge in [0, 0.05) is 5.56 Å². The molecule has 0 saturated carbocycles. The molecule has 0 amide bonds. The van der Waals surface area contributed by atoms with Gasteiger partial charge in [-0.25, -0.2) is 4.39 Å². The van der Waals surface area contributed by atoms with E-state index in [9.17, 15) is 4.39 Å². The zero-order valence-electron chi connectivity index (χ0n) is 11.6. The number of hydrogen-bond donors (Lipinski definition) is 1. The van der Waals surface area contributed by atoms with Crippen LogP contribution in [0.4, 0.5) is 10.1 Å². The molecule has 2 nitrogen and oxygen atoms in total. The normalized spacial score (nSPS) is 16.4. The van der Waals surface area contributed by atoms with Gasteiger partial charge in [-0.3, -0.25) is 0 Å². The van der Waals surface area contributed by atoms with Crippen molar-refractivity contribution in [2.45, 2.75) is 6.54 Å². The maximum atomic E-state index is 13.8. The second kappa shape index (κ2) is 6.06. The van der Waals surface area contributed by atoms with E-state index in [0.717, 1.165) is 38.4 Å². The van der Waals surface area contributed by atoms with Gasteiger partial charge >= 0.3 is 0 Å². The number of para-hydroxylation sites is 1. The highest BCUT2D eigenvalue weighted by Gasteiger charge is 2.21. The predicted octanol–water partition coefficient (Wildman–Crippen LogP) is 1.73. The molecule has 1 heterocycles. The van der Waals surface area contributed by atoms with Gasteiger partial charge < -0.3 is 9.80 Å². The minimum Gasteiger partial charge on any atom is -0.358 e. The summed E-state index contributed by atoms with van der Waals surface area (Å²) in [5.74, 6) is -0.112. The number of nitrogens with one attached hydrogen (secondary N) is 1. The molecule has 2 aromatic carbocycles. The lowest BCUT2D eigenvalue weighted by Crippen LogP contribution is -3.13. The average molecular weight is 271 g/mol. The fourth-order valence-electron chi connectivity index (χ4n) is 2.83. The number of rotatable bonds is 3. The van der Waals surface area contributed by atoms with Gasteiger partial charge in [0.2, 0.25) is 0 Å². The first-order valence-corrected chi connectivity index (χ1v) is 7.20. The molecular weight excluding hydrogens is 251 g/mol. The highest BCUT2D eigenvalue weighted by Crippen LogP contribution is 2.18. The summed E-state index contributed by atoms with van der Waals surface area (Å²) in [6.07, 6.45) is 0. The van der Waals surface area contributed by atoms with E-state index in [1.165, 1.54) is 5.56 Å². The van der Waals surface area contributed by atoms with Crippen molar-refractivity contribution in [2.75, 3.05) is 31.1 Å². The van der Waals surface area contributed by atoms with Crippen LogP contribution in [0.1, 0.15) is 5.56 Å². The Morgan fingerprint density at radius 2 is 1.55 bits per heavy atom. The first-order chi connectivity index (χ1) is 9.83. The van der Waals surface area contributed by atoms with E-state index in [4.69, 9.17) is 0 Å². The van der Waals surface area contributed by atoms with Crippen molar-refractivity contribution in [1.82, 2.24) is 0 Å². The third-order valence-corrected chi connectivity index (χ3v) is 3.96. The highest BCUT2D eigenvalue weighted by molar-refractivity contribution is 5.47. The lowest BCUT2D eigenvalue weighted by atomic mass is 10.2. The summed E-state index contributed by atoms with van der Waals surface area (Å²) >= 11 is 0. The summed E-state index contributed by atoms with van der Waals surface area (Å²) in [7, 11) is 0. The number of quaternary nitrogens is 1. The molecule has 0 atom stereocenters. The van der Waals surface area contributed by atoms with Crippen LogP contribution in [0.5, 0.6) is 0 Å². The van der Waals surface area contributed by atoms with Gasteiger partial charge in [-0.1, -0.05) is 42.5 Å². The Morgan fingerprint density at radius 3 is 2.25 bits per heavy atom. The first kappa shape index (κ1) is 13.1. The van der Waals surface area contributed by atoms with Crippen molar-refractivity contribution in [1.29, 1.82) is 0 Å². The van der Waals surface area contributed by atoms with Gasteiger partial charge in [-0.2, -0.15) is 0 Å². The molecule has 0 radical (unpaired) electrons. The molecular formula is C17H20FN2+. The van der Waals surface area contributed by atoms with Crippen molar-refractivity contribution in [3.63, 3.8) is 0 Å². The van der Waals surface area contributed by atoms with E-state index in [1.807, 2.05) is 12.1 Å². The second-order valence-electron chi connectivity index (χ2n) is 5.35. The third kappa shape index (κ3) is 2.99. The molecule has 0 unspecified atom stereocenters. The van der Waals surface area contributed by atoms with Gasteiger partial charge in [0.15, 0.2) is 0 Å². The summed E-state index contributed by atoms with van der Waals surface area (Å²) in [5.41, 5.74) is 2.12. The summed E-state index contributed by atoms with van der Waals surface area (Å²) in [6, 6.07) is 17.6. The molecule has 0 aromatic heterocycles. The van der Waals surface area contributed by atoms with Gasteiger partial charge in [0.05, 0.1) is 31.9 Å². The molecule has 3 heteroatoms. The predicted molar refractivity (Wildman–Crippen MR) is 79.5 cm³/mol. The van der Waals surface area contributed by atoms with E-state index in [-0.39, 0.29) is 5.82 Å². The van der Waals surface area contributed by atoms with Crippen LogP contribution in [0.25, 0.3) is 0 Å². The Labute approximate surface area is 119 Å². The largest absolute Gasteiger partial charge is 0.358 e. The molecule has 1 saturated heterocycles. The van der Waals surface area contributed by atoms with Crippen LogP contribution >= 0.6 is 0 Å². The van der Waals surface area contributed by atoms with E-state index < -0.39 is 0 Å². The number of benzene rings is 2. The molecule has 1 aliphatic heterocycles. The van der Waals surface area contributed by atoms with E-state index in [2.05, 4.69) is 35.2 Å². The molecule has 1 aliphatic rings. The van der Waals surface area contributed by atoms with Crippen molar-refractivity contribution in [3.8, 4) is 0 Å². The van der Waals surface area contributed by atoms with E-state index in [0.29, 0.717) is 0 Å². The number of halogens is 1. The van der Waals surface area contributed by atoms with Crippen molar-refractivity contribution >= 4 is 5.69 Å². The van der Waals surface area contributed by atoms with Gasteiger partial charge in [-0.05, 0) is 12.1 Å². The van der Waals surface area contributed by atoms with Crippen LogP contribution in [0.15, 0.2) is 54.6 Å². The minimum absolute atomic E-state index is 0.112. The zero-order valence-corrected chi connectivity index (χ0v) is 11.6. The standard InChI is InChI=1S/C17H19FN2/c18-16-8-4-5-9-17(16)20-12-10-19(11-13-20)14-15-6-2-1-3-7-15/h1-9H,10-14H2/p+1. The van der Waals surface area contributed by atoms with Crippen LogP contribution in [-0.2, 0) is 6.54 Å². The maximum absolute atomic E-state index is 13.8. The third-order valence-electron chi connectivity index (χ3n) is 3.96. The van der Waals surface area contributed by atoms with Gasteiger partial charge in [0.1, 0.15) is 12.4 Å². The molecule has 1 N–H and O–H groups in total. The van der Waals surface area contributed by atoms with Gasteiger partial charge in [-0.15, -0.1) is 0 Å². The maximum Gasteiger partial charge on any atom is 0.146 e. The van der Waals surface area contributed by atoms with E-state index >= 15 is 0 Å². The quantitative estimate of drug-likeness (QED) is 0.893. The fraction of sp³-hybridized carbons (Fsp3) is 0.294. The SMILES string of the molecule is Fc1ccccc1N1CC[NH+](Cc2ccccc2)CC1. The van der Waals surface area contributed by atoms with Crippen molar-refractivity contribution in [2.24, 2.45) is 0 Å². The topological polar surface area (TPSA) is 7.68 Å². The number of anilines is 1. The fourth-order valence-corrected chi connectivity index (χ4v) is 2.83. The minimum atomic E-state index is -0.112. The first-order valence-electron chi connectivity index (χ1n) is 7.20. The van der Waals surface area contributed by atoms with Crippen LogP contribution in [-0.4, -0.2) is 26.2 Å². The van der Waals surface area contributed by atoms with Crippen LogP contribution in [0, 0.1) is 5.82 Å². The molecule has 2 aromatic rings. The summed E-state index contributed by atoms with van der Waals surface area (Å²) < 4.78 is 13.8. The number of nitrogens with zero attached hydrogens (tertiary/aromatic N) is 1. The molecule has 1 fully saturated rings. The molecule has 0 aliphatic carbocycles. The molecule has 0 spiro atoms. The smallest absolute Gasteiger partial charge is 0.146 e. The van der Waals surface area contributed by atoms with Crippen LogP contribution < -0.4 is 9.80 Å². The molecule has 0 bridgehead atoms. The Kier molecular flexibility index (Phi) is 3.97. The lowest BCUT2D eigenvalue weighted by molar-refractivity contribution is -0.914. The summed E-state index contributed by atoms with van der Waals surface area (Å²) in [4.78, 5) is 3.73.